The van der Waals surface area contributed by atoms with Crippen LogP contribution in [0, 0.1) is 5.82 Å². The van der Waals surface area contributed by atoms with Crippen LogP contribution in [0.4, 0.5) is 33.7 Å². The largest absolute Gasteiger partial charge is 0.489 e. The van der Waals surface area contributed by atoms with Crippen LogP contribution in [-0.2, 0) is 14.8 Å². The number of alkyl halides is 3. The van der Waals surface area contributed by atoms with E-state index in [4.69, 9.17) is 4.74 Å². The van der Waals surface area contributed by atoms with Crippen LogP contribution in [0.25, 0.3) is 0 Å². The molecule has 1 aliphatic heterocycles. The number of anilines is 2. The number of ether oxygens (including phenoxy) is 2. The first-order valence-corrected chi connectivity index (χ1v) is 10.4. The van der Waals surface area contributed by atoms with E-state index in [0.29, 0.717) is 13.8 Å². The fourth-order valence-electron chi connectivity index (χ4n) is 2.69. The zero-order valence-electron chi connectivity index (χ0n) is 16.4. The molecule has 0 unspecified atom stereocenters. The van der Waals surface area contributed by atoms with E-state index >= 15 is 0 Å². The van der Waals surface area contributed by atoms with Gasteiger partial charge in [-0.25, -0.2) is 17.6 Å². The van der Waals surface area contributed by atoms with Crippen LogP contribution < -0.4 is 14.4 Å². The van der Waals surface area contributed by atoms with E-state index in [9.17, 15) is 30.8 Å². The molecule has 0 saturated carbocycles. The molecule has 2 aromatic carbocycles. The zero-order valence-corrected chi connectivity index (χ0v) is 17.2. The summed E-state index contributed by atoms with van der Waals surface area (Å²) < 4.78 is 88.8. The van der Waals surface area contributed by atoms with Crippen LogP contribution in [0.1, 0.15) is 13.8 Å². The highest BCUT2D eigenvalue weighted by Gasteiger charge is 2.51. The minimum atomic E-state index is -4.78. The maximum atomic E-state index is 13.2. The molecule has 0 aliphatic carbocycles. The van der Waals surface area contributed by atoms with Crippen molar-refractivity contribution in [2.24, 2.45) is 0 Å². The predicted octanol–water partition coefficient (Wildman–Crippen LogP) is 4.30. The summed E-state index contributed by atoms with van der Waals surface area (Å²) in [7, 11) is -4.09. The number of benzene rings is 2. The van der Waals surface area contributed by atoms with E-state index in [2.05, 4.69) is 10.1 Å². The smallest absolute Gasteiger partial charge is 0.427 e. The van der Waals surface area contributed by atoms with E-state index < -0.39 is 33.7 Å². The number of nitrogens with zero attached hydrogens (tertiary/aromatic N) is 1. The van der Waals surface area contributed by atoms with Crippen molar-refractivity contribution in [3.05, 3.63) is 48.3 Å². The number of carbonyl (C=O) groups is 1. The van der Waals surface area contributed by atoms with E-state index in [1.807, 2.05) is 0 Å². The normalized spacial score (nSPS) is 14.5. The molecule has 12 heteroatoms. The van der Waals surface area contributed by atoms with Gasteiger partial charge in [0, 0.05) is 5.69 Å². The van der Waals surface area contributed by atoms with Gasteiger partial charge in [0.1, 0.15) is 18.2 Å². The van der Waals surface area contributed by atoms with Gasteiger partial charge in [-0.1, -0.05) is 0 Å². The number of sulfonamides is 1. The third-order valence-corrected chi connectivity index (χ3v) is 6.29. The topological polar surface area (TPSA) is 84.9 Å². The molecule has 31 heavy (non-hydrogen) atoms. The highest BCUT2D eigenvalue weighted by molar-refractivity contribution is 7.92. The Morgan fingerprint density at radius 2 is 1.77 bits per heavy atom. The lowest BCUT2D eigenvalue weighted by Crippen LogP contribution is -2.44. The lowest BCUT2D eigenvalue weighted by atomic mass is 10.1. The quantitative estimate of drug-likeness (QED) is 0.685. The standard InChI is InChI=1S/C19H18F4N2O5S/c1-18(2,19(21,22)23)30-17(26)24-13-5-8-16-15(11-13)25(9-10-29-16)31(27,28)14-6-3-12(20)4-7-14/h3-8,11H,9-10H2,1-2H3,(H,24,26). The molecule has 168 valence electrons. The summed E-state index contributed by atoms with van der Waals surface area (Å²) in [6, 6.07) is 8.16. The Bertz CT molecular complexity index is 1090. The number of hydrogen-bond donors (Lipinski definition) is 1. The molecule has 3 rings (SSSR count). The highest BCUT2D eigenvalue weighted by atomic mass is 32.2. The number of carbonyl (C=O) groups excluding carboxylic acids is 1. The van der Waals surface area contributed by atoms with Gasteiger partial charge in [-0.15, -0.1) is 0 Å². The number of halogens is 4. The van der Waals surface area contributed by atoms with Gasteiger partial charge in [-0.3, -0.25) is 9.62 Å². The lowest BCUT2D eigenvalue weighted by molar-refractivity contribution is -0.242. The number of fused-ring (bicyclic) bond motifs is 1. The Balaban J connectivity index is 1.88. The monoisotopic (exact) mass is 462 g/mol. The molecule has 1 heterocycles. The van der Waals surface area contributed by atoms with Crippen molar-refractivity contribution in [1.29, 1.82) is 0 Å². The summed E-state index contributed by atoms with van der Waals surface area (Å²) in [4.78, 5) is 11.8. The molecular weight excluding hydrogens is 444 g/mol. The molecular formula is C19H18F4N2O5S. The number of hydrogen-bond acceptors (Lipinski definition) is 5. The SMILES string of the molecule is CC(C)(OC(=O)Nc1ccc2c(c1)N(S(=O)(=O)c1ccc(F)cc1)CCO2)C(F)(F)F. The molecule has 0 saturated heterocycles. The Kier molecular flexibility index (Phi) is 5.78. The van der Waals surface area contributed by atoms with Crippen LogP contribution in [0.2, 0.25) is 0 Å². The van der Waals surface area contributed by atoms with Gasteiger partial charge in [0.25, 0.3) is 10.0 Å². The van der Waals surface area contributed by atoms with Crippen molar-refractivity contribution in [1.82, 2.24) is 0 Å². The highest BCUT2D eigenvalue weighted by Crippen LogP contribution is 2.38. The van der Waals surface area contributed by atoms with E-state index in [1.54, 1.807) is 0 Å². The number of amides is 1. The van der Waals surface area contributed by atoms with Gasteiger partial charge in [0.2, 0.25) is 5.60 Å². The van der Waals surface area contributed by atoms with Gasteiger partial charge in [-0.2, -0.15) is 13.2 Å². The van der Waals surface area contributed by atoms with Crippen molar-refractivity contribution in [3.8, 4) is 5.75 Å². The second kappa shape index (κ2) is 7.91. The average molecular weight is 462 g/mol. The summed E-state index contributed by atoms with van der Waals surface area (Å²) in [5.41, 5.74) is -2.68. The van der Waals surface area contributed by atoms with Crippen LogP contribution in [0.15, 0.2) is 47.4 Å². The molecule has 1 amide bonds. The maximum Gasteiger partial charge on any atom is 0.427 e. The third kappa shape index (κ3) is 4.68. The minimum absolute atomic E-state index is 0.00784. The van der Waals surface area contributed by atoms with Crippen molar-refractivity contribution in [2.75, 3.05) is 22.8 Å². The van der Waals surface area contributed by atoms with Crippen molar-refractivity contribution in [2.45, 2.75) is 30.5 Å². The van der Waals surface area contributed by atoms with Gasteiger partial charge >= 0.3 is 12.3 Å². The van der Waals surface area contributed by atoms with Crippen molar-refractivity contribution < 1.29 is 40.2 Å². The second-order valence-electron chi connectivity index (χ2n) is 7.08. The Morgan fingerprint density at radius 3 is 2.39 bits per heavy atom. The molecule has 0 fully saturated rings. The third-order valence-electron chi connectivity index (χ3n) is 4.46. The van der Waals surface area contributed by atoms with Gasteiger partial charge < -0.3 is 9.47 Å². The van der Waals surface area contributed by atoms with Crippen LogP contribution in [-0.4, -0.2) is 39.4 Å². The van der Waals surface area contributed by atoms with Crippen molar-refractivity contribution in [3.63, 3.8) is 0 Å². The summed E-state index contributed by atoms with van der Waals surface area (Å²) in [5.74, 6) is -0.417. The summed E-state index contributed by atoms with van der Waals surface area (Å²) in [6.45, 7) is 1.37. The van der Waals surface area contributed by atoms with Crippen LogP contribution >= 0.6 is 0 Å². The molecule has 7 nitrogen and oxygen atoms in total. The molecule has 0 radical (unpaired) electrons. The second-order valence-corrected chi connectivity index (χ2v) is 8.95. The van der Waals surface area contributed by atoms with E-state index in [0.717, 1.165) is 28.6 Å². The molecule has 0 bridgehead atoms. The summed E-state index contributed by atoms with van der Waals surface area (Å²) in [6.07, 6.45) is -6.15. The molecule has 2 aromatic rings. The maximum absolute atomic E-state index is 13.2. The Labute approximate surface area is 175 Å². The molecule has 0 aromatic heterocycles. The van der Waals surface area contributed by atoms with Gasteiger partial charge in [0.15, 0.2) is 0 Å². The first-order chi connectivity index (χ1) is 14.3. The first kappa shape index (κ1) is 22.7. The van der Waals surface area contributed by atoms with Crippen molar-refractivity contribution >= 4 is 27.5 Å². The summed E-state index contributed by atoms with van der Waals surface area (Å²) >= 11 is 0. The fourth-order valence-corrected chi connectivity index (χ4v) is 4.14. The lowest BCUT2D eigenvalue weighted by Gasteiger charge is -2.31. The van der Waals surface area contributed by atoms with E-state index in [1.165, 1.54) is 18.2 Å². The number of nitrogens with one attached hydrogen (secondary N) is 1. The van der Waals surface area contributed by atoms with Crippen LogP contribution in [0.3, 0.4) is 0 Å². The Morgan fingerprint density at radius 1 is 1.13 bits per heavy atom. The first-order valence-electron chi connectivity index (χ1n) is 8.93. The predicted molar refractivity (Wildman–Crippen MR) is 103 cm³/mol. The molecule has 0 spiro atoms. The Hall–Kier alpha value is -3.02. The van der Waals surface area contributed by atoms with E-state index in [-0.39, 0.29) is 35.2 Å². The molecule has 1 aliphatic rings. The zero-order chi connectivity index (χ0) is 23.0. The summed E-state index contributed by atoms with van der Waals surface area (Å²) in [5, 5.41) is 2.15. The molecule has 1 N–H and O–H groups in total. The number of rotatable bonds is 4. The fraction of sp³-hybridized carbons (Fsp3) is 0.316. The van der Waals surface area contributed by atoms with Gasteiger partial charge in [-0.05, 0) is 56.3 Å². The van der Waals surface area contributed by atoms with Gasteiger partial charge in [0.05, 0.1) is 17.1 Å². The molecule has 0 atom stereocenters. The average Bonchev–Trinajstić information content (AvgIpc) is 2.66. The van der Waals surface area contributed by atoms with Crippen LogP contribution in [0.5, 0.6) is 5.75 Å². The minimum Gasteiger partial charge on any atom is -0.489 e.